The lowest BCUT2D eigenvalue weighted by molar-refractivity contribution is -0.274. The number of aromatic amines is 1. The summed E-state index contributed by atoms with van der Waals surface area (Å²) in [5.74, 6) is 0.420. The lowest BCUT2D eigenvalue weighted by Crippen LogP contribution is -2.36. The summed E-state index contributed by atoms with van der Waals surface area (Å²) < 4.78 is 47.6. The molecule has 0 bridgehead atoms. The van der Waals surface area contributed by atoms with Crippen LogP contribution in [-0.4, -0.2) is 47.8 Å². The predicted molar refractivity (Wildman–Crippen MR) is 119 cm³/mol. The third-order valence-electron chi connectivity index (χ3n) is 5.24. The summed E-state index contributed by atoms with van der Waals surface area (Å²) in [6, 6.07) is 15.4. The summed E-state index contributed by atoms with van der Waals surface area (Å²) in [6.45, 7) is 2.52. The highest BCUT2D eigenvalue weighted by Gasteiger charge is 2.31. The van der Waals surface area contributed by atoms with Gasteiger partial charge in [0.2, 0.25) is 0 Å². The highest BCUT2D eigenvalue weighted by molar-refractivity contribution is 5.83. The first-order valence-electron chi connectivity index (χ1n) is 10.3. The van der Waals surface area contributed by atoms with Crippen LogP contribution in [0.1, 0.15) is 0 Å². The van der Waals surface area contributed by atoms with Gasteiger partial charge in [-0.1, -0.05) is 12.1 Å². The van der Waals surface area contributed by atoms with Gasteiger partial charge in [0.15, 0.2) is 0 Å². The van der Waals surface area contributed by atoms with Crippen molar-refractivity contribution < 1.29 is 22.6 Å². The van der Waals surface area contributed by atoms with Crippen molar-refractivity contribution in [2.24, 2.45) is 0 Å². The molecular formula is C23H20F3N5O2. The van der Waals surface area contributed by atoms with Crippen molar-refractivity contribution in [1.82, 2.24) is 15.2 Å². The Bertz CT molecular complexity index is 1270. The van der Waals surface area contributed by atoms with Crippen molar-refractivity contribution in [2.45, 2.75) is 6.36 Å². The first-order chi connectivity index (χ1) is 15.9. The molecule has 0 radical (unpaired) electrons. The van der Waals surface area contributed by atoms with Gasteiger partial charge in [-0.3, -0.25) is 5.10 Å². The van der Waals surface area contributed by atoms with E-state index in [1.807, 2.05) is 24.3 Å². The fourth-order valence-corrected chi connectivity index (χ4v) is 3.73. The molecule has 1 saturated heterocycles. The molecule has 4 aromatic rings. The third kappa shape index (κ3) is 5.01. The minimum atomic E-state index is -4.76. The second-order valence-corrected chi connectivity index (χ2v) is 7.57. The molecule has 10 heteroatoms. The monoisotopic (exact) mass is 455 g/mol. The van der Waals surface area contributed by atoms with Crippen LogP contribution in [0.2, 0.25) is 0 Å². The smallest absolute Gasteiger partial charge is 0.406 e. The molecule has 0 saturated carbocycles. The van der Waals surface area contributed by atoms with E-state index in [0.717, 1.165) is 22.3 Å². The van der Waals surface area contributed by atoms with Gasteiger partial charge in [0.1, 0.15) is 11.6 Å². The number of rotatable bonds is 5. The number of fused-ring (bicyclic) bond motifs is 1. The Morgan fingerprint density at radius 1 is 1.00 bits per heavy atom. The van der Waals surface area contributed by atoms with Gasteiger partial charge in [-0.05, 0) is 36.4 Å². The second-order valence-electron chi connectivity index (χ2n) is 7.57. The maximum atomic E-state index is 12.7. The topological polar surface area (TPSA) is 75.3 Å². The van der Waals surface area contributed by atoms with Gasteiger partial charge < -0.3 is 19.7 Å². The normalized spacial score (nSPS) is 14.5. The van der Waals surface area contributed by atoms with Crippen LogP contribution in [-0.2, 0) is 4.74 Å². The second kappa shape index (κ2) is 8.62. The summed E-state index contributed by atoms with van der Waals surface area (Å²) in [6.07, 6.45) is -3.02. The molecule has 2 N–H and O–H groups in total. The summed E-state index contributed by atoms with van der Waals surface area (Å²) in [5, 5.41) is 11.3. The number of benzene rings is 2. The number of morpholine rings is 1. The quantitative estimate of drug-likeness (QED) is 0.436. The van der Waals surface area contributed by atoms with Crippen LogP contribution in [0.25, 0.3) is 22.2 Å². The van der Waals surface area contributed by atoms with E-state index in [2.05, 4.69) is 25.2 Å². The number of alkyl halides is 3. The van der Waals surface area contributed by atoms with E-state index >= 15 is 0 Å². The van der Waals surface area contributed by atoms with Gasteiger partial charge >= 0.3 is 6.36 Å². The summed E-state index contributed by atoms with van der Waals surface area (Å²) in [4.78, 5) is 6.82. The van der Waals surface area contributed by atoms with Crippen molar-refractivity contribution in [1.29, 1.82) is 0 Å². The van der Waals surface area contributed by atoms with Crippen molar-refractivity contribution in [3.63, 3.8) is 0 Å². The minimum Gasteiger partial charge on any atom is -0.406 e. The fourth-order valence-electron chi connectivity index (χ4n) is 3.73. The third-order valence-corrected chi connectivity index (χ3v) is 5.24. The molecule has 0 amide bonds. The van der Waals surface area contributed by atoms with Crippen LogP contribution in [0.3, 0.4) is 0 Å². The molecule has 0 atom stereocenters. The van der Waals surface area contributed by atoms with E-state index in [4.69, 9.17) is 9.72 Å². The summed E-state index contributed by atoms with van der Waals surface area (Å²) in [5.41, 5.74) is 3.57. The Morgan fingerprint density at radius 3 is 2.67 bits per heavy atom. The largest absolute Gasteiger partial charge is 0.573 e. The van der Waals surface area contributed by atoms with E-state index < -0.39 is 6.36 Å². The number of H-pyrrole nitrogens is 1. The molecule has 1 aliphatic rings. The number of hydrogen-bond donors (Lipinski definition) is 2. The number of aromatic nitrogens is 3. The standard InChI is InChI=1S/C23H20F3N5O2/c24-23(25,26)33-19-3-1-2-15(11-19)21-12-18(13-22(29-21)31-6-8-32-9-7-31)28-17-4-5-20-16(10-17)14-27-30-20/h1-5,10-14H,6-9H2,(H,27,30)(H,28,29). The number of ether oxygens (including phenoxy) is 2. The molecule has 1 fully saturated rings. The number of nitrogens with zero attached hydrogens (tertiary/aromatic N) is 3. The van der Waals surface area contributed by atoms with Crippen LogP contribution >= 0.6 is 0 Å². The van der Waals surface area contributed by atoms with Crippen molar-refractivity contribution in [3.05, 3.63) is 60.8 Å². The molecule has 170 valence electrons. The molecule has 1 aliphatic heterocycles. The zero-order valence-electron chi connectivity index (χ0n) is 17.4. The molecule has 2 aromatic carbocycles. The Hall–Kier alpha value is -3.79. The van der Waals surface area contributed by atoms with Gasteiger partial charge in [0.05, 0.1) is 30.6 Å². The average Bonchev–Trinajstić information content (AvgIpc) is 3.26. The Morgan fingerprint density at radius 2 is 1.85 bits per heavy atom. The van der Waals surface area contributed by atoms with Crippen LogP contribution in [0.4, 0.5) is 30.4 Å². The molecule has 7 nitrogen and oxygen atoms in total. The number of hydrogen-bond acceptors (Lipinski definition) is 6. The van der Waals surface area contributed by atoms with Crippen LogP contribution < -0.4 is 15.0 Å². The van der Waals surface area contributed by atoms with E-state index in [1.165, 1.54) is 18.2 Å². The lowest BCUT2D eigenvalue weighted by Gasteiger charge is -2.28. The Balaban J connectivity index is 1.52. The Kier molecular flexibility index (Phi) is 5.51. The molecule has 0 aliphatic carbocycles. The molecule has 0 unspecified atom stereocenters. The highest BCUT2D eigenvalue weighted by Crippen LogP contribution is 2.32. The summed E-state index contributed by atoms with van der Waals surface area (Å²) >= 11 is 0. The van der Waals surface area contributed by atoms with E-state index in [9.17, 15) is 13.2 Å². The first-order valence-corrected chi connectivity index (χ1v) is 10.3. The first kappa shape index (κ1) is 21.1. The van der Waals surface area contributed by atoms with Crippen LogP contribution in [0, 0.1) is 0 Å². The lowest BCUT2D eigenvalue weighted by atomic mass is 10.1. The van der Waals surface area contributed by atoms with Gasteiger partial charge in [-0.25, -0.2) is 4.98 Å². The number of nitrogens with one attached hydrogen (secondary N) is 2. The van der Waals surface area contributed by atoms with Crippen molar-refractivity contribution >= 4 is 28.1 Å². The zero-order chi connectivity index (χ0) is 22.8. The maximum absolute atomic E-state index is 12.7. The molecule has 5 rings (SSSR count). The van der Waals surface area contributed by atoms with E-state index in [0.29, 0.717) is 43.4 Å². The van der Waals surface area contributed by atoms with Crippen molar-refractivity contribution in [2.75, 3.05) is 36.5 Å². The zero-order valence-corrected chi connectivity index (χ0v) is 17.4. The SMILES string of the molecule is FC(F)(F)Oc1cccc(-c2cc(Nc3ccc4[nH]ncc4c3)cc(N3CCOCC3)n2)c1. The van der Waals surface area contributed by atoms with Gasteiger partial charge in [0.25, 0.3) is 0 Å². The number of pyridine rings is 1. The molecule has 2 aromatic heterocycles. The summed E-state index contributed by atoms with van der Waals surface area (Å²) in [7, 11) is 0. The van der Waals surface area contributed by atoms with E-state index in [-0.39, 0.29) is 5.75 Å². The molecule has 33 heavy (non-hydrogen) atoms. The number of halogens is 3. The van der Waals surface area contributed by atoms with E-state index in [1.54, 1.807) is 18.3 Å². The Labute approximate surface area is 187 Å². The average molecular weight is 455 g/mol. The molecule has 0 spiro atoms. The van der Waals surface area contributed by atoms with Crippen LogP contribution in [0.5, 0.6) is 5.75 Å². The molecular weight excluding hydrogens is 435 g/mol. The molecule has 3 heterocycles. The highest BCUT2D eigenvalue weighted by atomic mass is 19.4. The number of anilines is 3. The predicted octanol–water partition coefficient (Wildman–Crippen LogP) is 5.10. The van der Waals surface area contributed by atoms with Crippen LogP contribution in [0.15, 0.2) is 60.8 Å². The minimum absolute atomic E-state index is 0.293. The van der Waals surface area contributed by atoms with Crippen molar-refractivity contribution in [3.8, 4) is 17.0 Å². The van der Waals surface area contributed by atoms with Gasteiger partial charge in [-0.15, -0.1) is 13.2 Å². The van der Waals surface area contributed by atoms with Gasteiger partial charge in [-0.2, -0.15) is 5.10 Å². The maximum Gasteiger partial charge on any atom is 0.573 e. The fraction of sp³-hybridized carbons (Fsp3) is 0.217. The van der Waals surface area contributed by atoms with Gasteiger partial charge in [0, 0.05) is 41.5 Å².